The fourth-order valence-corrected chi connectivity index (χ4v) is 4.45. The molecule has 1 N–H and O–H groups in total. The molecule has 0 spiro atoms. The third-order valence-corrected chi connectivity index (χ3v) is 5.91. The highest BCUT2D eigenvalue weighted by atomic mass is 32.1. The Kier molecular flexibility index (Phi) is 3.99. The van der Waals surface area contributed by atoms with Crippen LogP contribution in [0, 0.1) is 0 Å². The average Bonchev–Trinajstić information content (AvgIpc) is 3.37. The summed E-state index contributed by atoms with van der Waals surface area (Å²) in [6, 6.07) is -1.39. The SMILES string of the molecule is C[C@H]1CO[C@@H]2CN3C=C(C(=O)NCc4cn5ncsc5n4)C(=O)C(=O)C3C(=O)N12. The Labute approximate surface area is 167 Å². The summed E-state index contributed by atoms with van der Waals surface area (Å²) in [6.45, 7) is 2.49. The van der Waals surface area contributed by atoms with Crippen LogP contribution in [-0.4, -0.2) is 79.2 Å². The van der Waals surface area contributed by atoms with Crippen LogP contribution in [0.2, 0.25) is 0 Å². The van der Waals surface area contributed by atoms with Crippen molar-refractivity contribution >= 4 is 39.7 Å². The summed E-state index contributed by atoms with van der Waals surface area (Å²) in [5, 5.41) is 6.66. The summed E-state index contributed by atoms with van der Waals surface area (Å²) < 4.78 is 7.18. The number of nitrogens with zero attached hydrogens (tertiary/aromatic N) is 5. The second-order valence-electron chi connectivity index (χ2n) is 7.10. The van der Waals surface area contributed by atoms with Gasteiger partial charge in [-0.25, -0.2) is 9.50 Å². The first-order chi connectivity index (χ1) is 13.9. The zero-order chi connectivity index (χ0) is 20.3. The quantitative estimate of drug-likeness (QED) is 0.372. The zero-order valence-electron chi connectivity index (χ0n) is 15.3. The highest BCUT2D eigenvalue weighted by Crippen LogP contribution is 2.29. The molecular formula is C17H16N6O5S. The molecule has 2 aromatic rings. The maximum absolute atomic E-state index is 12.7. The number of carbonyl (C=O) groups excluding carboxylic acids is 4. The van der Waals surface area contributed by atoms with Crippen LogP contribution in [-0.2, 0) is 30.5 Å². The number of hydrogen-bond acceptors (Lipinski definition) is 9. The van der Waals surface area contributed by atoms with Gasteiger partial charge in [0.1, 0.15) is 17.3 Å². The number of fused-ring (bicyclic) bond motifs is 3. The van der Waals surface area contributed by atoms with Crippen molar-refractivity contribution in [2.24, 2.45) is 0 Å². The first kappa shape index (κ1) is 17.9. The lowest BCUT2D eigenvalue weighted by atomic mass is 9.93. The number of ether oxygens (including phenoxy) is 1. The zero-order valence-corrected chi connectivity index (χ0v) is 16.1. The lowest BCUT2D eigenvalue weighted by Gasteiger charge is -2.43. The van der Waals surface area contributed by atoms with Gasteiger partial charge in [0, 0.05) is 6.20 Å². The van der Waals surface area contributed by atoms with E-state index >= 15 is 0 Å². The number of aromatic nitrogens is 3. The number of carbonyl (C=O) groups is 4. The van der Waals surface area contributed by atoms with E-state index < -0.39 is 35.7 Å². The predicted molar refractivity (Wildman–Crippen MR) is 97.3 cm³/mol. The van der Waals surface area contributed by atoms with Crippen molar-refractivity contribution in [3.63, 3.8) is 0 Å². The van der Waals surface area contributed by atoms with Crippen molar-refractivity contribution < 1.29 is 23.9 Å². The molecule has 0 aromatic carbocycles. The minimum Gasteiger partial charge on any atom is -0.354 e. The molecule has 2 saturated heterocycles. The fourth-order valence-electron chi connectivity index (χ4n) is 3.83. The molecule has 2 amide bonds. The number of imidazole rings is 1. The maximum Gasteiger partial charge on any atom is 0.257 e. The molecule has 0 bridgehead atoms. The summed E-state index contributed by atoms with van der Waals surface area (Å²) in [7, 11) is 0. The predicted octanol–water partition coefficient (Wildman–Crippen LogP) is -1.30. The molecule has 3 atom stereocenters. The normalized spacial score (nSPS) is 26.6. The molecule has 0 radical (unpaired) electrons. The number of ketones is 2. The van der Waals surface area contributed by atoms with Crippen LogP contribution >= 0.6 is 11.3 Å². The van der Waals surface area contributed by atoms with Gasteiger partial charge < -0.3 is 19.9 Å². The molecule has 11 nitrogen and oxygen atoms in total. The van der Waals surface area contributed by atoms with E-state index in [2.05, 4.69) is 15.4 Å². The number of amides is 2. The van der Waals surface area contributed by atoms with Gasteiger partial charge >= 0.3 is 0 Å². The van der Waals surface area contributed by atoms with Crippen LogP contribution < -0.4 is 5.32 Å². The van der Waals surface area contributed by atoms with Gasteiger partial charge in [-0.3, -0.25) is 19.2 Å². The third kappa shape index (κ3) is 2.75. The first-order valence-corrected chi connectivity index (χ1v) is 9.88. The molecule has 0 saturated carbocycles. The van der Waals surface area contributed by atoms with Crippen molar-refractivity contribution in [3.05, 3.63) is 29.2 Å². The summed E-state index contributed by atoms with van der Waals surface area (Å²) in [4.78, 5) is 58.3. The molecule has 5 rings (SSSR count). The molecule has 3 aliphatic heterocycles. The van der Waals surface area contributed by atoms with E-state index in [1.807, 2.05) is 6.92 Å². The van der Waals surface area contributed by atoms with E-state index in [4.69, 9.17) is 4.74 Å². The topological polar surface area (TPSA) is 126 Å². The summed E-state index contributed by atoms with van der Waals surface area (Å²) in [5.74, 6) is -3.02. The van der Waals surface area contributed by atoms with Crippen molar-refractivity contribution in [1.29, 1.82) is 0 Å². The van der Waals surface area contributed by atoms with Gasteiger partial charge in [-0.1, -0.05) is 11.3 Å². The summed E-state index contributed by atoms with van der Waals surface area (Å²) >= 11 is 1.35. The Bertz CT molecular complexity index is 1060. The van der Waals surface area contributed by atoms with Crippen molar-refractivity contribution in [1.82, 2.24) is 29.7 Å². The Morgan fingerprint density at radius 1 is 1.38 bits per heavy atom. The summed E-state index contributed by atoms with van der Waals surface area (Å²) in [6.07, 6.45) is 2.46. The minimum atomic E-state index is -1.23. The number of piperazine rings is 1. The molecule has 5 heterocycles. The van der Waals surface area contributed by atoms with Gasteiger partial charge in [0.2, 0.25) is 16.5 Å². The van der Waals surface area contributed by atoms with Crippen LogP contribution in [0.3, 0.4) is 0 Å². The third-order valence-electron chi connectivity index (χ3n) is 5.22. The second kappa shape index (κ2) is 6.46. The molecule has 150 valence electrons. The largest absolute Gasteiger partial charge is 0.354 e. The van der Waals surface area contributed by atoms with Crippen LogP contribution in [0.5, 0.6) is 0 Å². The van der Waals surface area contributed by atoms with E-state index in [0.717, 1.165) is 0 Å². The lowest BCUT2D eigenvalue weighted by Crippen LogP contribution is -2.65. The first-order valence-electron chi connectivity index (χ1n) is 9.00. The van der Waals surface area contributed by atoms with Crippen LogP contribution in [0.4, 0.5) is 0 Å². The molecule has 1 unspecified atom stereocenters. The van der Waals surface area contributed by atoms with E-state index in [-0.39, 0.29) is 24.7 Å². The van der Waals surface area contributed by atoms with Crippen LogP contribution in [0.15, 0.2) is 23.5 Å². The number of rotatable bonds is 3. The second-order valence-corrected chi connectivity index (χ2v) is 7.91. The smallest absolute Gasteiger partial charge is 0.257 e. The van der Waals surface area contributed by atoms with E-state index in [0.29, 0.717) is 17.3 Å². The van der Waals surface area contributed by atoms with Gasteiger partial charge in [0.05, 0.1) is 37.6 Å². The van der Waals surface area contributed by atoms with Gasteiger partial charge in [-0.15, -0.1) is 0 Å². The standard InChI is InChI=1S/C17H16N6O5S/c1-8-6-28-11-5-21-4-10(13(24)14(25)12(21)16(27)23(8)11)15(26)18-2-9-3-22-17(20-9)29-7-19-22/h3-4,7-8,11-12H,2,5-6H2,1H3,(H,18,26)/t8-,11+,12?/m0/s1. The van der Waals surface area contributed by atoms with Gasteiger partial charge in [-0.2, -0.15) is 5.10 Å². The van der Waals surface area contributed by atoms with Crippen molar-refractivity contribution in [2.45, 2.75) is 31.8 Å². The van der Waals surface area contributed by atoms with Crippen LogP contribution in [0.25, 0.3) is 4.96 Å². The van der Waals surface area contributed by atoms with Gasteiger partial charge in [-0.05, 0) is 6.92 Å². The molecular weight excluding hydrogens is 400 g/mol. The van der Waals surface area contributed by atoms with Gasteiger partial charge in [0.15, 0.2) is 6.04 Å². The Morgan fingerprint density at radius 3 is 3.00 bits per heavy atom. The molecule has 29 heavy (non-hydrogen) atoms. The van der Waals surface area contributed by atoms with Crippen molar-refractivity contribution in [2.75, 3.05) is 13.2 Å². The molecule has 12 heteroatoms. The Morgan fingerprint density at radius 2 is 2.21 bits per heavy atom. The van der Waals surface area contributed by atoms with E-state index in [9.17, 15) is 19.2 Å². The van der Waals surface area contributed by atoms with Gasteiger partial charge in [0.25, 0.3) is 11.8 Å². The van der Waals surface area contributed by atoms with Crippen molar-refractivity contribution in [3.8, 4) is 0 Å². The van der Waals surface area contributed by atoms with E-state index in [1.54, 1.807) is 16.2 Å². The number of nitrogens with one attached hydrogen (secondary N) is 1. The Balaban J connectivity index is 1.35. The van der Waals surface area contributed by atoms with E-state index in [1.165, 1.54) is 27.3 Å². The Hall–Kier alpha value is -3.12. The number of hydrogen-bond donors (Lipinski definition) is 1. The fraction of sp³-hybridized carbons (Fsp3) is 0.412. The molecule has 3 aliphatic rings. The summed E-state index contributed by atoms with van der Waals surface area (Å²) in [5.41, 5.74) is 1.93. The lowest BCUT2D eigenvalue weighted by molar-refractivity contribution is -0.159. The average molecular weight is 416 g/mol. The molecule has 2 fully saturated rings. The monoisotopic (exact) mass is 416 g/mol. The highest BCUT2D eigenvalue weighted by Gasteiger charge is 2.52. The van der Waals surface area contributed by atoms with Crippen LogP contribution in [0.1, 0.15) is 12.6 Å². The minimum absolute atomic E-state index is 0.0765. The molecule has 2 aromatic heterocycles. The maximum atomic E-state index is 12.7. The number of Topliss-reactive ketones (excluding diaryl/α,β-unsaturated/α-hetero) is 2. The highest BCUT2D eigenvalue weighted by molar-refractivity contribution is 7.14. The molecule has 0 aliphatic carbocycles.